The number of anilines is 2. The SMILES string of the molecule is CC(Nc1cccc(S(N)(=O)=O)c1N)C(=O)NC(C)(C)C. The van der Waals surface area contributed by atoms with Crippen molar-refractivity contribution in [2.45, 2.75) is 44.2 Å². The average molecular weight is 314 g/mol. The quantitative estimate of drug-likeness (QED) is 0.606. The zero-order chi connectivity index (χ0) is 16.4. The molecule has 0 aliphatic rings. The molecule has 118 valence electrons. The summed E-state index contributed by atoms with van der Waals surface area (Å²) in [5.74, 6) is -0.220. The van der Waals surface area contributed by atoms with Crippen LogP contribution in [0.25, 0.3) is 0 Å². The van der Waals surface area contributed by atoms with E-state index in [9.17, 15) is 13.2 Å². The van der Waals surface area contributed by atoms with Crippen molar-refractivity contribution in [3.8, 4) is 0 Å². The van der Waals surface area contributed by atoms with E-state index in [1.807, 2.05) is 20.8 Å². The number of benzene rings is 1. The summed E-state index contributed by atoms with van der Waals surface area (Å²) in [6.07, 6.45) is 0. The molecule has 1 aromatic carbocycles. The molecular weight excluding hydrogens is 292 g/mol. The third-order valence-electron chi connectivity index (χ3n) is 2.64. The average Bonchev–Trinajstić information content (AvgIpc) is 2.27. The number of carbonyl (C=O) groups excluding carboxylic acids is 1. The van der Waals surface area contributed by atoms with Crippen LogP contribution >= 0.6 is 0 Å². The monoisotopic (exact) mass is 314 g/mol. The maximum Gasteiger partial charge on any atom is 0.242 e. The first-order valence-corrected chi connectivity index (χ1v) is 7.96. The Morgan fingerprint density at radius 3 is 2.33 bits per heavy atom. The van der Waals surface area contributed by atoms with Crippen molar-refractivity contribution in [3.63, 3.8) is 0 Å². The van der Waals surface area contributed by atoms with Crippen LogP contribution in [-0.2, 0) is 14.8 Å². The largest absolute Gasteiger partial charge is 0.396 e. The van der Waals surface area contributed by atoms with E-state index in [0.717, 1.165) is 0 Å². The van der Waals surface area contributed by atoms with Crippen LogP contribution in [0.15, 0.2) is 23.1 Å². The van der Waals surface area contributed by atoms with Gasteiger partial charge in [-0.15, -0.1) is 0 Å². The van der Waals surface area contributed by atoms with E-state index in [1.54, 1.807) is 13.0 Å². The van der Waals surface area contributed by atoms with Crippen molar-refractivity contribution < 1.29 is 13.2 Å². The Labute approximate surface area is 125 Å². The fraction of sp³-hybridized carbons (Fsp3) is 0.462. The Kier molecular flexibility index (Phi) is 4.85. The summed E-state index contributed by atoms with van der Waals surface area (Å²) < 4.78 is 22.8. The molecule has 0 saturated heterocycles. The number of hydrogen-bond donors (Lipinski definition) is 4. The van der Waals surface area contributed by atoms with Crippen molar-refractivity contribution in [2.24, 2.45) is 5.14 Å². The third-order valence-corrected chi connectivity index (χ3v) is 3.61. The van der Waals surface area contributed by atoms with Gasteiger partial charge in [0, 0.05) is 5.54 Å². The highest BCUT2D eigenvalue weighted by Gasteiger charge is 2.21. The molecular formula is C13H22N4O3S. The minimum Gasteiger partial charge on any atom is -0.396 e. The minimum absolute atomic E-state index is 0.00425. The molecule has 0 bridgehead atoms. The van der Waals surface area contributed by atoms with E-state index in [1.165, 1.54) is 12.1 Å². The van der Waals surface area contributed by atoms with Crippen LogP contribution in [0, 0.1) is 0 Å². The second-order valence-corrected chi connectivity index (χ2v) is 7.40. The number of hydrogen-bond acceptors (Lipinski definition) is 5. The molecule has 1 aromatic rings. The summed E-state index contributed by atoms with van der Waals surface area (Å²) in [6, 6.07) is 3.83. The first kappa shape index (κ1) is 17.3. The smallest absolute Gasteiger partial charge is 0.242 e. The van der Waals surface area contributed by atoms with Crippen molar-refractivity contribution in [1.82, 2.24) is 5.32 Å². The van der Waals surface area contributed by atoms with Gasteiger partial charge in [-0.05, 0) is 39.8 Å². The maximum absolute atomic E-state index is 12.0. The fourth-order valence-corrected chi connectivity index (χ4v) is 2.38. The lowest BCUT2D eigenvalue weighted by atomic mass is 10.1. The lowest BCUT2D eigenvalue weighted by Crippen LogP contribution is -2.47. The zero-order valence-corrected chi connectivity index (χ0v) is 13.4. The van der Waals surface area contributed by atoms with Gasteiger partial charge in [0.05, 0.1) is 11.4 Å². The van der Waals surface area contributed by atoms with Crippen LogP contribution < -0.4 is 21.5 Å². The predicted octanol–water partition coefficient (Wildman–Crippen LogP) is 0.631. The number of primary sulfonamides is 1. The molecule has 0 heterocycles. The predicted molar refractivity (Wildman–Crippen MR) is 83.2 cm³/mol. The van der Waals surface area contributed by atoms with E-state index in [2.05, 4.69) is 10.6 Å². The van der Waals surface area contributed by atoms with Crippen molar-refractivity contribution >= 4 is 27.3 Å². The second kappa shape index (κ2) is 5.90. The molecule has 8 heteroatoms. The van der Waals surface area contributed by atoms with Gasteiger partial charge in [-0.3, -0.25) is 4.79 Å². The third kappa shape index (κ3) is 4.91. The van der Waals surface area contributed by atoms with Crippen molar-refractivity contribution in [2.75, 3.05) is 11.1 Å². The molecule has 0 saturated carbocycles. The molecule has 0 aromatic heterocycles. The van der Waals surface area contributed by atoms with Crippen LogP contribution in [0.2, 0.25) is 0 Å². The molecule has 1 atom stereocenters. The van der Waals surface area contributed by atoms with Crippen LogP contribution in [-0.4, -0.2) is 25.9 Å². The number of nitrogen functional groups attached to an aromatic ring is 1. The number of amides is 1. The molecule has 0 aliphatic carbocycles. The fourth-order valence-electron chi connectivity index (χ4n) is 1.69. The van der Waals surface area contributed by atoms with Crippen molar-refractivity contribution in [3.05, 3.63) is 18.2 Å². The standard InChI is InChI=1S/C13H22N4O3S/c1-8(12(18)17-13(2,3)4)16-9-6-5-7-10(11(9)14)21(15,19)20/h5-8,16H,14H2,1-4H3,(H,17,18)(H2,15,19,20). The van der Waals surface area contributed by atoms with E-state index in [0.29, 0.717) is 5.69 Å². The van der Waals surface area contributed by atoms with Gasteiger partial charge in [0.25, 0.3) is 0 Å². The van der Waals surface area contributed by atoms with Crippen LogP contribution in [0.3, 0.4) is 0 Å². The Bertz CT molecular complexity index is 635. The van der Waals surface area contributed by atoms with Crippen LogP contribution in [0.5, 0.6) is 0 Å². The summed E-state index contributed by atoms with van der Waals surface area (Å²) >= 11 is 0. The lowest BCUT2D eigenvalue weighted by molar-refractivity contribution is -0.122. The Balaban J connectivity index is 2.97. The number of sulfonamides is 1. The van der Waals surface area contributed by atoms with E-state index >= 15 is 0 Å². The van der Waals surface area contributed by atoms with Gasteiger partial charge < -0.3 is 16.4 Å². The summed E-state index contributed by atoms with van der Waals surface area (Å²) in [7, 11) is -3.91. The molecule has 0 fully saturated rings. The highest BCUT2D eigenvalue weighted by molar-refractivity contribution is 7.89. The summed E-state index contributed by atoms with van der Waals surface area (Å²) in [5, 5.41) is 10.8. The summed E-state index contributed by atoms with van der Waals surface area (Å²) in [5.41, 5.74) is 5.77. The van der Waals surface area contributed by atoms with Gasteiger partial charge in [0.2, 0.25) is 15.9 Å². The zero-order valence-electron chi connectivity index (χ0n) is 12.6. The molecule has 6 N–H and O–H groups in total. The first-order valence-electron chi connectivity index (χ1n) is 6.41. The van der Waals surface area contributed by atoms with E-state index in [4.69, 9.17) is 10.9 Å². The Morgan fingerprint density at radius 2 is 1.86 bits per heavy atom. The lowest BCUT2D eigenvalue weighted by Gasteiger charge is -2.24. The molecule has 0 radical (unpaired) electrons. The summed E-state index contributed by atoms with van der Waals surface area (Å²) in [6.45, 7) is 7.26. The van der Waals surface area contributed by atoms with E-state index in [-0.39, 0.29) is 22.0 Å². The van der Waals surface area contributed by atoms with Gasteiger partial charge in [0.15, 0.2) is 0 Å². The highest BCUT2D eigenvalue weighted by Crippen LogP contribution is 2.26. The molecule has 21 heavy (non-hydrogen) atoms. The van der Waals surface area contributed by atoms with Gasteiger partial charge in [-0.1, -0.05) is 6.07 Å². The van der Waals surface area contributed by atoms with Crippen LogP contribution in [0.4, 0.5) is 11.4 Å². The minimum atomic E-state index is -3.91. The number of nitrogens with one attached hydrogen (secondary N) is 2. The van der Waals surface area contributed by atoms with Gasteiger partial charge >= 0.3 is 0 Å². The first-order chi connectivity index (χ1) is 9.42. The second-order valence-electron chi connectivity index (χ2n) is 5.87. The van der Waals surface area contributed by atoms with Gasteiger partial charge in [-0.2, -0.15) is 0 Å². The van der Waals surface area contributed by atoms with Crippen LogP contribution in [0.1, 0.15) is 27.7 Å². The molecule has 7 nitrogen and oxygen atoms in total. The highest BCUT2D eigenvalue weighted by atomic mass is 32.2. The molecule has 0 aliphatic heterocycles. The maximum atomic E-state index is 12.0. The number of para-hydroxylation sites is 1. The molecule has 1 amide bonds. The normalized spacial score (nSPS) is 13.6. The Hall–Kier alpha value is -1.80. The molecule has 0 spiro atoms. The number of rotatable bonds is 4. The Morgan fingerprint density at radius 1 is 1.29 bits per heavy atom. The number of carbonyl (C=O) groups is 1. The molecule has 1 unspecified atom stereocenters. The van der Waals surface area contributed by atoms with E-state index < -0.39 is 16.1 Å². The van der Waals surface area contributed by atoms with Gasteiger partial charge in [-0.25, -0.2) is 13.6 Å². The van der Waals surface area contributed by atoms with Crippen molar-refractivity contribution in [1.29, 1.82) is 0 Å². The summed E-state index contributed by atoms with van der Waals surface area (Å²) in [4.78, 5) is 11.8. The van der Waals surface area contributed by atoms with Gasteiger partial charge in [0.1, 0.15) is 10.9 Å². The topological polar surface area (TPSA) is 127 Å². The number of nitrogens with two attached hydrogens (primary N) is 2. The molecule has 1 rings (SSSR count).